The minimum absolute atomic E-state index is 0.134. The number of ether oxygens (including phenoxy) is 1. The fourth-order valence-corrected chi connectivity index (χ4v) is 1.89. The van der Waals surface area contributed by atoms with Crippen molar-refractivity contribution in [3.63, 3.8) is 0 Å². The van der Waals surface area contributed by atoms with Crippen molar-refractivity contribution in [3.8, 4) is 0 Å². The molecule has 1 aliphatic rings. The molecule has 1 rings (SSSR count). The number of aliphatic hydroxyl groups is 1. The van der Waals surface area contributed by atoms with Crippen LogP contribution >= 0.6 is 0 Å². The maximum Gasteiger partial charge on any atom is 0.0922 e. The second kappa shape index (κ2) is 3.09. The summed E-state index contributed by atoms with van der Waals surface area (Å²) in [6.07, 6.45) is 0.989. The van der Waals surface area contributed by atoms with Gasteiger partial charge in [-0.3, -0.25) is 0 Å². The van der Waals surface area contributed by atoms with Crippen LogP contribution < -0.4 is 0 Å². The van der Waals surface area contributed by atoms with E-state index in [2.05, 4.69) is 13.8 Å². The molecule has 0 heterocycles. The van der Waals surface area contributed by atoms with E-state index in [1.165, 1.54) is 5.57 Å². The Bertz CT molecular complexity index is 204. The molecule has 0 amide bonds. The van der Waals surface area contributed by atoms with Gasteiger partial charge in [-0.15, -0.1) is 0 Å². The first kappa shape index (κ1) is 9.59. The van der Waals surface area contributed by atoms with Crippen LogP contribution in [0.5, 0.6) is 0 Å². The summed E-state index contributed by atoms with van der Waals surface area (Å²) < 4.78 is 5.18. The Morgan fingerprint density at radius 2 is 2.25 bits per heavy atom. The average molecular weight is 170 g/mol. The summed E-state index contributed by atoms with van der Waals surface area (Å²) >= 11 is 0. The molecule has 0 saturated heterocycles. The molecule has 12 heavy (non-hydrogen) atoms. The Morgan fingerprint density at radius 3 is 2.58 bits per heavy atom. The lowest BCUT2D eigenvalue weighted by atomic mass is 9.58. The molecule has 2 heteroatoms. The van der Waals surface area contributed by atoms with Crippen LogP contribution in [0.15, 0.2) is 11.3 Å². The monoisotopic (exact) mass is 170 g/mol. The first-order valence-electron chi connectivity index (χ1n) is 4.39. The summed E-state index contributed by atoms with van der Waals surface area (Å²) in [7, 11) is 1.70. The van der Waals surface area contributed by atoms with Gasteiger partial charge in [0.15, 0.2) is 0 Å². The van der Waals surface area contributed by atoms with E-state index in [-0.39, 0.29) is 12.0 Å². The Morgan fingerprint density at radius 1 is 1.67 bits per heavy atom. The van der Waals surface area contributed by atoms with Gasteiger partial charge < -0.3 is 9.84 Å². The number of allylic oxidation sites excluding steroid dienone is 2. The van der Waals surface area contributed by atoms with E-state index >= 15 is 0 Å². The maximum atomic E-state index is 9.03. The van der Waals surface area contributed by atoms with E-state index in [0.29, 0.717) is 5.92 Å². The van der Waals surface area contributed by atoms with E-state index < -0.39 is 0 Å². The van der Waals surface area contributed by atoms with Gasteiger partial charge >= 0.3 is 0 Å². The zero-order valence-electron chi connectivity index (χ0n) is 8.35. The highest BCUT2D eigenvalue weighted by Crippen LogP contribution is 2.51. The highest BCUT2D eigenvalue weighted by Gasteiger charge is 2.44. The molecule has 0 spiro atoms. The first-order valence-corrected chi connectivity index (χ1v) is 4.39. The van der Waals surface area contributed by atoms with Gasteiger partial charge in [0.05, 0.1) is 12.9 Å². The number of hydrogen-bond donors (Lipinski definition) is 1. The zero-order chi connectivity index (χ0) is 9.35. The minimum Gasteiger partial charge on any atom is -0.501 e. The van der Waals surface area contributed by atoms with Crippen LogP contribution in [0.2, 0.25) is 0 Å². The first-order chi connectivity index (χ1) is 5.54. The predicted octanol–water partition coefficient (Wildman–Crippen LogP) is 1.95. The van der Waals surface area contributed by atoms with Crippen LogP contribution in [0.1, 0.15) is 27.2 Å². The maximum absolute atomic E-state index is 9.03. The molecular formula is C10H18O2. The third kappa shape index (κ3) is 1.24. The summed E-state index contributed by atoms with van der Waals surface area (Å²) in [5, 5.41) is 9.03. The summed E-state index contributed by atoms with van der Waals surface area (Å²) in [6.45, 7) is 6.60. The van der Waals surface area contributed by atoms with E-state index in [1.54, 1.807) is 7.11 Å². The van der Waals surface area contributed by atoms with Gasteiger partial charge in [-0.1, -0.05) is 13.8 Å². The highest BCUT2D eigenvalue weighted by atomic mass is 16.5. The summed E-state index contributed by atoms with van der Waals surface area (Å²) in [5.74, 6) is 1.43. The SMILES string of the molecule is CO/C(C)=C1\C[C@H](CO)C1(C)C. The Balaban J connectivity index is 2.77. The molecule has 0 aliphatic heterocycles. The molecule has 0 bridgehead atoms. The number of aliphatic hydroxyl groups excluding tert-OH is 1. The lowest BCUT2D eigenvalue weighted by Crippen LogP contribution is -2.40. The summed E-state index contributed by atoms with van der Waals surface area (Å²) in [5.41, 5.74) is 1.48. The molecule has 0 aromatic heterocycles. The highest BCUT2D eigenvalue weighted by molar-refractivity contribution is 5.26. The van der Waals surface area contributed by atoms with Crippen LogP contribution in [-0.4, -0.2) is 18.8 Å². The third-order valence-corrected chi connectivity index (χ3v) is 3.20. The van der Waals surface area contributed by atoms with Gasteiger partial charge in [-0.25, -0.2) is 0 Å². The quantitative estimate of drug-likeness (QED) is 0.642. The van der Waals surface area contributed by atoms with Gasteiger partial charge in [-0.05, 0) is 30.3 Å². The molecule has 1 fully saturated rings. The fraction of sp³-hybridized carbons (Fsp3) is 0.800. The molecule has 0 radical (unpaired) electrons. The van der Waals surface area contributed by atoms with Gasteiger partial charge in [-0.2, -0.15) is 0 Å². The van der Waals surface area contributed by atoms with Crippen molar-refractivity contribution < 1.29 is 9.84 Å². The zero-order valence-corrected chi connectivity index (χ0v) is 8.35. The van der Waals surface area contributed by atoms with Crippen molar-refractivity contribution in [1.29, 1.82) is 0 Å². The second-order valence-electron chi connectivity index (χ2n) is 4.04. The van der Waals surface area contributed by atoms with Gasteiger partial charge in [0.2, 0.25) is 0 Å². The molecule has 1 atom stereocenters. The molecule has 0 unspecified atom stereocenters. The van der Waals surface area contributed by atoms with Crippen LogP contribution in [0, 0.1) is 11.3 Å². The second-order valence-corrected chi connectivity index (χ2v) is 4.04. The molecule has 1 aliphatic carbocycles. The van der Waals surface area contributed by atoms with Crippen molar-refractivity contribution in [2.75, 3.05) is 13.7 Å². The average Bonchev–Trinajstić information content (AvgIpc) is 2.03. The van der Waals surface area contributed by atoms with Crippen LogP contribution in [-0.2, 0) is 4.74 Å². The largest absolute Gasteiger partial charge is 0.501 e. The van der Waals surface area contributed by atoms with Gasteiger partial charge in [0, 0.05) is 6.61 Å². The predicted molar refractivity (Wildman–Crippen MR) is 48.7 cm³/mol. The molecule has 0 aromatic rings. The Labute approximate surface area is 74.2 Å². The van der Waals surface area contributed by atoms with Gasteiger partial charge in [0.25, 0.3) is 0 Å². The van der Waals surface area contributed by atoms with E-state index in [0.717, 1.165) is 12.2 Å². The van der Waals surface area contributed by atoms with Crippen molar-refractivity contribution in [3.05, 3.63) is 11.3 Å². The van der Waals surface area contributed by atoms with Crippen molar-refractivity contribution in [2.24, 2.45) is 11.3 Å². The van der Waals surface area contributed by atoms with Crippen molar-refractivity contribution in [1.82, 2.24) is 0 Å². The lowest BCUT2D eigenvalue weighted by Gasteiger charge is -2.47. The van der Waals surface area contributed by atoms with Crippen molar-refractivity contribution in [2.45, 2.75) is 27.2 Å². The molecule has 70 valence electrons. The number of rotatable bonds is 2. The van der Waals surface area contributed by atoms with E-state index in [4.69, 9.17) is 9.84 Å². The lowest BCUT2D eigenvalue weighted by molar-refractivity contribution is 0.0748. The molecule has 2 nitrogen and oxygen atoms in total. The van der Waals surface area contributed by atoms with Crippen LogP contribution in [0.4, 0.5) is 0 Å². The van der Waals surface area contributed by atoms with E-state index in [9.17, 15) is 0 Å². The normalized spacial score (nSPS) is 30.9. The molecule has 1 saturated carbocycles. The fourth-order valence-electron chi connectivity index (χ4n) is 1.89. The van der Waals surface area contributed by atoms with Crippen molar-refractivity contribution >= 4 is 0 Å². The van der Waals surface area contributed by atoms with E-state index in [1.807, 2.05) is 6.92 Å². The minimum atomic E-state index is 0.134. The molecule has 0 aromatic carbocycles. The Kier molecular flexibility index (Phi) is 2.47. The summed E-state index contributed by atoms with van der Waals surface area (Å²) in [4.78, 5) is 0. The van der Waals surface area contributed by atoms with Crippen LogP contribution in [0.3, 0.4) is 0 Å². The van der Waals surface area contributed by atoms with Crippen LogP contribution in [0.25, 0.3) is 0 Å². The molecule has 1 N–H and O–H groups in total. The smallest absolute Gasteiger partial charge is 0.0922 e. The topological polar surface area (TPSA) is 29.5 Å². The number of methoxy groups -OCH3 is 1. The molecular weight excluding hydrogens is 152 g/mol. The number of hydrogen-bond acceptors (Lipinski definition) is 2. The summed E-state index contributed by atoms with van der Waals surface area (Å²) in [6, 6.07) is 0. The third-order valence-electron chi connectivity index (χ3n) is 3.20. The standard InChI is InChI=1S/C10H18O2/c1-7(12-4)9-5-8(6-11)10(9,2)3/h8,11H,5-6H2,1-4H3/b9-7+/t8-/m1/s1. The Hall–Kier alpha value is -0.500. The van der Waals surface area contributed by atoms with Gasteiger partial charge in [0.1, 0.15) is 0 Å².